The smallest absolute Gasteiger partial charge is 0.154 e. The molecule has 0 aliphatic heterocycles. The van der Waals surface area contributed by atoms with Crippen LogP contribution in [0, 0.1) is 5.75 Å². The van der Waals surface area contributed by atoms with E-state index in [0.717, 1.165) is 19.3 Å². The van der Waals surface area contributed by atoms with E-state index in [1.807, 2.05) is 0 Å². The van der Waals surface area contributed by atoms with Crippen molar-refractivity contribution in [2.75, 3.05) is 5.75 Å². The number of rotatable bonds is 6. The molecule has 0 spiro atoms. The molecule has 0 saturated carbocycles. The summed E-state index contributed by atoms with van der Waals surface area (Å²) in [5, 5.41) is 0. The Hall–Kier alpha value is -0.0500. The molecule has 0 amide bonds. The Bertz CT molecular complexity index is 171. The van der Waals surface area contributed by atoms with Crippen molar-refractivity contribution in [2.24, 2.45) is 0 Å². The van der Waals surface area contributed by atoms with Gasteiger partial charge in [-0.3, -0.25) is 0 Å². The Morgan fingerprint density at radius 3 is 2.27 bits per heavy atom. The van der Waals surface area contributed by atoms with Crippen molar-refractivity contribution in [1.82, 2.24) is 0 Å². The maximum atomic E-state index is 10.9. The molecule has 0 unspecified atom stereocenters. The zero-order chi connectivity index (χ0) is 8.74. The first-order valence-corrected chi connectivity index (χ1v) is 5.90. The van der Waals surface area contributed by atoms with Crippen LogP contribution in [0.3, 0.4) is 0 Å². The molecule has 0 rings (SSSR count). The molecule has 67 valence electrons. The summed E-state index contributed by atoms with van der Waals surface area (Å²) in [4.78, 5) is 0. The number of unbranched alkanes of at least 4 members (excludes halogenated alkanes) is 3. The lowest BCUT2D eigenvalue weighted by atomic mass is 10.2. The van der Waals surface area contributed by atoms with Crippen molar-refractivity contribution in [3.05, 3.63) is 5.75 Å². The van der Waals surface area contributed by atoms with Gasteiger partial charge in [-0.05, 0) is 6.42 Å². The van der Waals surface area contributed by atoms with Crippen LogP contribution < -0.4 is 0 Å². The van der Waals surface area contributed by atoms with Crippen molar-refractivity contribution in [3.8, 4) is 0 Å². The van der Waals surface area contributed by atoms with Crippen molar-refractivity contribution in [3.63, 3.8) is 0 Å². The summed E-state index contributed by atoms with van der Waals surface area (Å²) in [7, 11) is -2.82. The minimum Gasteiger partial charge on any atom is -0.229 e. The third-order valence-electron chi connectivity index (χ3n) is 1.58. The highest BCUT2D eigenvalue weighted by Gasteiger charge is 2.05. The molecule has 0 aromatic heterocycles. The minimum atomic E-state index is -2.82. The van der Waals surface area contributed by atoms with Crippen LogP contribution >= 0.6 is 0 Å². The van der Waals surface area contributed by atoms with E-state index in [9.17, 15) is 8.42 Å². The first-order chi connectivity index (χ1) is 5.12. The minimum absolute atomic E-state index is 0.235. The van der Waals surface area contributed by atoms with Crippen LogP contribution in [0.25, 0.3) is 0 Å². The fourth-order valence-electron chi connectivity index (χ4n) is 0.775. The fraction of sp³-hybridized carbons (Fsp3) is 0.875. The van der Waals surface area contributed by atoms with Gasteiger partial charge in [0, 0.05) is 5.75 Å². The SMILES string of the molecule is CCCCC[CH]S(=O)(=O)CC. The largest absolute Gasteiger partial charge is 0.229 e. The van der Waals surface area contributed by atoms with E-state index in [4.69, 9.17) is 0 Å². The van der Waals surface area contributed by atoms with E-state index in [0.29, 0.717) is 6.42 Å². The highest BCUT2D eigenvalue weighted by atomic mass is 32.2. The van der Waals surface area contributed by atoms with Crippen LogP contribution in [-0.4, -0.2) is 14.2 Å². The summed E-state index contributed by atoms with van der Waals surface area (Å²) in [5.74, 6) is 1.68. The van der Waals surface area contributed by atoms with Crippen LogP contribution in [-0.2, 0) is 9.84 Å². The fourth-order valence-corrected chi connectivity index (χ4v) is 1.54. The molecule has 0 fully saturated rings. The summed E-state index contributed by atoms with van der Waals surface area (Å²) >= 11 is 0. The first kappa shape index (κ1) is 11.0. The van der Waals surface area contributed by atoms with Gasteiger partial charge in [0.05, 0.1) is 5.75 Å². The number of hydrogen-bond donors (Lipinski definition) is 0. The van der Waals surface area contributed by atoms with Gasteiger partial charge in [-0.1, -0.05) is 33.1 Å². The molecule has 11 heavy (non-hydrogen) atoms. The van der Waals surface area contributed by atoms with Crippen molar-refractivity contribution < 1.29 is 8.42 Å². The first-order valence-electron chi connectivity index (χ1n) is 4.18. The molecular weight excluding hydrogens is 160 g/mol. The van der Waals surface area contributed by atoms with Gasteiger partial charge in [0.25, 0.3) is 0 Å². The summed E-state index contributed by atoms with van der Waals surface area (Å²) in [6, 6.07) is 0. The average molecular weight is 177 g/mol. The predicted molar refractivity (Wildman–Crippen MR) is 47.9 cm³/mol. The van der Waals surface area contributed by atoms with Gasteiger partial charge in [0.2, 0.25) is 0 Å². The van der Waals surface area contributed by atoms with E-state index in [2.05, 4.69) is 6.92 Å². The topological polar surface area (TPSA) is 34.1 Å². The Morgan fingerprint density at radius 1 is 1.18 bits per heavy atom. The highest BCUT2D eigenvalue weighted by Crippen LogP contribution is 2.06. The predicted octanol–water partition coefficient (Wildman–Crippen LogP) is 2.16. The van der Waals surface area contributed by atoms with E-state index in [1.54, 1.807) is 6.92 Å². The Morgan fingerprint density at radius 2 is 1.82 bits per heavy atom. The molecule has 0 aromatic rings. The number of sulfone groups is 1. The van der Waals surface area contributed by atoms with Crippen LogP contribution in [0.1, 0.15) is 39.5 Å². The van der Waals surface area contributed by atoms with E-state index < -0.39 is 9.84 Å². The molecule has 1 radical (unpaired) electrons. The zero-order valence-electron chi connectivity index (χ0n) is 7.34. The average Bonchev–Trinajstić information content (AvgIpc) is 1.99. The molecular formula is C8H17O2S. The lowest BCUT2D eigenvalue weighted by molar-refractivity contribution is 0.598. The summed E-state index contributed by atoms with van der Waals surface area (Å²) < 4.78 is 21.8. The van der Waals surface area contributed by atoms with E-state index in [1.165, 1.54) is 5.75 Å². The molecule has 0 aliphatic carbocycles. The molecule has 0 bridgehead atoms. The molecule has 0 heterocycles. The summed E-state index contributed by atoms with van der Waals surface area (Å²) in [6.45, 7) is 3.78. The molecule has 2 nitrogen and oxygen atoms in total. The second kappa shape index (κ2) is 5.58. The Balaban J connectivity index is 3.39. The lowest BCUT2D eigenvalue weighted by Gasteiger charge is -1.98. The van der Waals surface area contributed by atoms with Gasteiger partial charge in [-0.25, -0.2) is 8.42 Å². The standard InChI is InChI=1S/C8H17O2S/c1-3-5-6-7-8-11(9,10)4-2/h8H,3-7H2,1-2H3. The van der Waals surface area contributed by atoms with Crippen molar-refractivity contribution in [2.45, 2.75) is 39.5 Å². The number of hydrogen-bond acceptors (Lipinski definition) is 2. The van der Waals surface area contributed by atoms with Gasteiger partial charge in [0.15, 0.2) is 9.84 Å². The van der Waals surface area contributed by atoms with Crippen molar-refractivity contribution >= 4 is 9.84 Å². The Kier molecular flexibility index (Phi) is 5.56. The third-order valence-corrected chi connectivity index (χ3v) is 3.13. The molecule has 0 aromatic carbocycles. The zero-order valence-corrected chi connectivity index (χ0v) is 8.15. The maximum absolute atomic E-state index is 10.9. The maximum Gasteiger partial charge on any atom is 0.154 e. The highest BCUT2D eigenvalue weighted by molar-refractivity contribution is 7.93. The molecule has 0 N–H and O–H groups in total. The van der Waals surface area contributed by atoms with Crippen molar-refractivity contribution in [1.29, 1.82) is 0 Å². The van der Waals surface area contributed by atoms with Gasteiger partial charge in [-0.2, -0.15) is 0 Å². The van der Waals surface area contributed by atoms with Crippen LogP contribution in [0.2, 0.25) is 0 Å². The third kappa shape index (κ3) is 6.35. The van der Waals surface area contributed by atoms with Gasteiger partial charge in [-0.15, -0.1) is 0 Å². The molecule has 0 atom stereocenters. The normalized spacial score (nSPS) is 11.8. The quantitative estimate of drug-likeness (QED) is 0.583. The Labute approximate surface area is 69.9 Å². The molecule has 3 heteroatoms. The molecule has 0 saturated heterocycles. The van der Waals surface area contributed by atoms with Crippen LogP contribution in [0.4, 0.5) is 0 Å². The van der Waals surface area contributed by atoms with Crippen LogP contribution in [0.5, 0.6) is 0 Å². The lowest BCUT2D eigenvalue weighted by Crippen LogP contribution is -2.02. The van der Waals surface area contributed by atoms with Gasteiger partial charge in [0.1, 0.15) is 0 Å². The summed E-state index contributed by atoms with van der Waals surface area (Å²) in [6.07, 6.45) is 3.97. The van der Waals surface area contributed by atoms with E-state index in [-0.39, 0.29) is 5.75 Å². The monoisotopic (exact) mass is 177 g/mol. The van der Waals surface area contributed by atoms with Crippen LogP contribution in [0.15, 0.2) is 0 Å². The van der Waals surface area contributed by atoms with E-state index >= 15 is 0 Å². The second-order valence-electron chi connectivity index (χ2n) is 2.61. The van der Waals surface area contributed by atoms with Gasteiger partial charge < -0.3 is 0 Å². The van der Waals surface area contributed by atoms with Gasteiger partial charge >= 0.3 is 0 Å². The second-order valence-corrected chi connectivity index (χ2v) is 4.85. The molecule has 0 aliphatic rings. The summed E-state index contributed by atoms with van der Waals surface area (Å²) in [5.41, 5.74) is 0.